The largest absolute Gasteiger partial charge is 0.390 e. The average Bonchev–Trinajstić information content (AvgIpc) is 2.93. The molecule has 2 atom stereocenters. The molecule has 0 spiro atoms. The van der Waals surface area contributed by atoms with Gasteiger partial charge in [-0.2, -0.15) is 0 Å². The summed E-state index contributed by atoms with van der Waals surface area (Å²) < 4.78 is 13.6. The third-order valence-electron chi connectivity index (χ3n) is 5.76. The highest BCUT2D eigenvalue weighted by Crippen LogP contribution is 2.23. The van der Waals surface area contributed by atoms with Crippen LogP contribution in [0.1, 0.15) is 24.8 Å². The van der Waals surface area contributed by atoms with Crippen molar-refractivity contribution in [2.75, 3.05) is 45.8 Å². The van der Waals surface area contributed by atoms with Crippen LogP contribution in [0.15, 0.2) is 24.3 Å². The number of benzene rings is 1. The highest BCUT2D eigenvalue weighted by molar-refractivity contribution is 6.42. The SMILES string of the molecule is O=C(/C=C/c1ccc(Cl)c(Cl)c1)N1CCC(=O)N(CCCN2CC[C@H](O)[C@@H](F)C2)CC1. The quantitative estimate of drug-likeness (QED) is 0.647. The minimum absolute atomic E-state index is 0.0289. The Bertz CT molecular complexity index is 823. The third-order valence-corrected chi connectivity index (χ3v) is 6.49. The van der Waals surface area contributed by atoms with Gasteiger partial charge in [0, 0.05) is 51.8 Å². The fraction of sp³-hybridized carbons (Fsp3) is 0.545. The van der Waals surface area contributed by atoms with Crippen LogP contribution in [0, 0.1) is 0 Å². The predicted octanol–water partition coefficient (Wildman–Crippen LogP) is 2.86. The number of amides is 2. The van der Waals surface area contributed by atoms with E-state index >= 15 is 0 Å². The van der Waals surface area contributed by atoms with Crippen LogP contribution in [0.3, 0.4) is 0 Å². The van der Waals surface area contributed by atoms with Gasteiger partial charge in [-0.15, -0.1) is 0 Å². The van der Waals surface area contributed by atoms with Crippen molar-refractivity contribution in [3.63, 3.8) is 0 Å². The zero-order chi connectivity index (χ0) is 22.4. The lowest BCUT2D eigenvalue weighted by Crippen LogP contribution is -2.45. The van der Waals surface area contributed by atoms with Crippen LogP contribution in [0.2, 0.25) is 10.0 Å². The first-order valence-corrected chi connectivity index (χ1v) is 11.3. The minimum Gasteiger partial charge on any atom is -0.390 e. The van der Waals surface area contributed by atoms with Gasteiger partial charge in [0.1, 0.15) is 6.17 Å². The molecule has 170 valence electrons. The number of carbonyl (C=O) groups is 2. The smallest absolute Gasteiger partial charge is 0.246 e. The zero-order valence-corrected chi connectivity index (χ0v) is 18.9. The van der Waals surface area contributed by atoms with E-state index in [4.69, 9.17) is 23.2 Å². The van der Waals surface area contributed by atoms with Gasteiger partial charge in [0.25, 0.3) is 0 Å². The molecule has 1 aromatic rings. The van der Waals surface area contributed by atoms with Crippen LogP contribution < -0.4 is 0 Å². The summed E-state index contributed by atoms with van der Waals surface area (Å²) in [4.78, 5) is 30.4. The summed E-state index contributed by atoms with van der Waals surface area (Å²) in [5.74, 6) is -0.122. The first-order valence-electron chi connectivity index (χ1n) is 10.6. The van der Waals surface area contributed by atoms with E-state index in [1.165, 1.54) is 6.08 Å². The molecule has 6 nitrogen and oxygen atoms in total. The molecule has 1 aromatic carbocycles. The predicted molar refractivity (Wildman–Crippen MR) is 120 cm³/mol. The topological polar surface area (TPSA) is 64.1 Å². The monoisotopic (exact) mass is 471 g/mol. The van der Waals surface area contributed by atoms with Crippen LogP contribution in [-0.4, -0.2) is 89.7 Å². The van der Waals surface area contributed by atoms with Crippen molar-refractivity contribution in [3.8, 4) is 0 Å². The maximum Gasteiger partial charge on any atom is 0.246 e. The van der Waals surface area contributed by atoms with E-state index in [2.05, 4.69) is 0 Å². The molecule has 2 saturated heterocycles. The normalized spacial score (nSPS) is 23.4. The van der Waals surface area contributed by atoms with Gasteiger partial charge in [-0.05, 0) is 43.2 Å². The fourth-order valence-electron chi connectivity index (χ4n) is 3.86. The molecule has 0 aliphatic carbocycles. The molecular weight excluding hydrogens is 444 g/mol. The Morgan fingerprint density at radius 1 is 1.16 bits per heavy atom. The van der Waals surface area contributed by atoms with Crippen molar-refractivity contribution in [2.24, 2.45) is 0 Å². The summed E-state index contributed by atoms with van der Waals surface area (Å²) in [6, 6.07) is 5.14. The Hall–Kier alpha value is -1.67. The molecule has 0 saturated carbocycles. The molecule has 0 bridgehead atoms. The molecule has 0 aromatic heterocycles. The molecule has 31 heavy (non-hydrogen) atoms. The van der Waals surface area contributed by atoms with Crippen molar-refractivity contribution in [1.82, 2.24) is 14.7 Å². The fourth-order valence-corrected chi connectivity index (χ4v) is 4.16. The van der Waals surface area contributed by atoms with E-state index in [9.17, 15) is 19.1 Å². The Labute approximate surface area is 192 Å². The number of carbonyl (C=O) groups excluding carboxylic acids is 2. The second-order valence-electron chi connectivity index (χ2n) is 7.99. The van der Waals surface area contributed by atoms with Gasteiger partial charge in [0.15, 0.2) is 0 Å². The zero-order valence-electron chi connectivity index (χ0n) is 17.4. The van der Waals surface area contributed by atoms with E-state index in [0.717, 1.165) is 12.0 Å². The van der Waals surface area contributed by atoms with E-state index < -0.39 is 12.3 Å². The van der Waals surface area contributed by atoms with Gasteiger partial charge < -0.3 is 19.8 Å². The first kappa shape index (κ1) is 24.0. The number of nitrogens with zero attached hydrogens (tertiary/aromatic N) is 3. The number of hydrogen-bond donors (Lipinski definition) is 1. The molecule has 2 amide bonds. The van der Waals surface area contributed by atoms with E-state index in [1.54, 1.807) is 34.1 Å². The summed E-state index contributed by atoms with van der Waals surface area (Å²) in [5.41, 5.74) is 0.774. The molecule has 0 radical (unpaired) electrons. The first-order chi connectivity index (χ1) is 14.8. The third kappa shape index (κ3) is 6.91. The molecule has 2 aliphatic heterocycles. The maximum atomic E-state index is 13.6. The number of aliphatic hydroxyl groups excluding tert-OH is 1. The molecule has 9 heteroatoms. The van der Waals surface area contributed by atoms with Crippen LogP contribution in [0.4, 0.5) is 4.39 Å². The molecule has 0 unspecified atom stereocenters. The van der Waals surface area contributed by atoms with E-state index in [0.29, 0.717) is 55.7 Å². The average molecular weight is 472 g/mol. The lowest BCUT2D eigenvalue weighted by atomic mass is 10.1. The van der Waals surface area contributed by atoms with Gasteiger partial charge >= 0.3 is 0 Å². The van der Waals surface area contributed by atoms with Gasteiger partial charge in [-0.25, -0.2) is 4.39 Å². The van der Waals surface area contributed by atoms with Gasteiger partial charge in [0.2, 0.25) is 11.8 Å². The second kappa shape index (κ2) is 11.3. The molecule has 3 rings (SSSR count). The second-order valence-corrected chi connectivity index (χ2v) is 8.80. The number of piperidine rings is 1. The van der Waals surface area contributed by atoms with Crippen LogP contribution in [-0.2, 0) is 9.59 Å². The molecule has 2 aliphatic rings. The Morgan fingerprint density at radius 3 is 2.71 bits per heavy atom. The lowest BCUT2D eigenvalue weighted by molar-refractivity contribution is -0.130. The summed E-state index contributed by atoms with van der Waals surface area (Å²) in [5, 5.41) is 10.4. The molecular formula is C22H28Cl2FN3O3. The Morgan fingerprint density at radius 2 is 1.97 bits per heavy atom. The van der Waals surface area contributed by atoms with Crippen molar-refractivity contribution in [2.45, 2.75) is 31.5 Å². The summed E-state index contributed by atoms with van der Waals surface area (Å²) in [6.07, 6.45) is 2.56. The van der Waals surface area contributed by atoms with E-state index in [1.807, 2.05) is 4.90 Å². The van der Waals surface area contributed by atoms with Crippen LogP contribution in [0.5, 0.6) is 0 Å². The van der Waals surface area contributed by atoms with Gasteiger partial charge in [-0.1, -0.05) is 29.3 Å². The number of aliphatic hydroxyl groups is 1. The molecule has 2 heterocycles. The van der Waals surface area contributed by atoms with Crippen molar-refractivity contribution >= 4 is 41.1 Å². The minimum atomic E-state index is -1.20. The highest BCUT2D eigenvalue weighted by atomic mass is 35.5. The van der Waals surface area contributed by atoms with Gasteiger partial charge in [0.05, 0.1) is 16.1 Å². The number of likely N-dealkylation sites (tertiary alicyclic amines) is 1. The van der Waals surface area contributed by atoms with Crippen LogP contribution >= 0.6 is 23.2 Å². The summed E-state index contributed by atoms with van der Waals surface area (Å²) >= 11 is 11.9. The number of alkyl halides is 1. The summed E-state index contributed by atoms with van der Waals surface area (Å²) in [6.45, 7) is 3.51. The van der Waals surface area contributed by atoms with Crippen molar-refractivity contribution < 1.29 is 19.1 Å². The number of hydrogen-bond acceptors (Lipinski definition) is 4. The molecule has 1 N–H and O–H groups in total. The maximum absolute atomic E-state index is 13.6. The Kier molecular flexibility index (Phi) is 8.72. The highest BCUT2D eigenvalue weighted by Gasteiger charge is 2.27. The standard InChI is InChI=1S/C22H28Cl2FN3O3/c23-17-4-2-16(14-18(17)24)3-5-21(30)28-11-7-22(31)27(12-13-28)9-1-8-26-10-6-20(29)19(25)15-26/h2-5,14,19-20,29H,1,6-13,15H2/b5-3+/t19-,20-/m0/s1. The molecule has 2 fully saturated rings. The Balaban J connectivity index is 1.45. The van der Waals surface area contributed by atoms with Crippen LogP contribution in [0.25, 0.3) is 6.08 Å². The van der Waals surface area contributed by atoms with Crippen molar-refractivity contribution in [3.05, 3.63) is 39.9 Å². The number of rotatable bonds is 6. The summed E-state index contributed by atoms with van der Waals surface area (Å²) in [7, 11) is 0. The van der Waals surface area contributed by atoms with E-state index in [-0.39, 0.29) is 24.8 Å². The van der Waals surface area contributed by atoms with Gasteiger partial charge in [-0.3, -0.25) is 9.59 Å². The lowest BCUT2D eigenvalue weighted by Gasteiger charge is -2.32. The number of halogens is 3. The van der Waals surface area contributed by atoms with Crippen molar-refractivity contribution in [1.29, 1.82) is 0 Å².